The van der Waals surface area contributed by atoms with Crippen molar-refractivity contribution in [1.29, 1.82) is 0 Å². The van der Waals surface area contributed by atoms with Gasteiger partial charge in [0.2, 0.25) is 0 Å². The van der Waals surface area contributed by atoms with Crippen molar-refractivity contribution >= 4 is 16.3 Å². The molecule has 0 fully saturated rings. The van der Waals surface area contributed by atoms with Gasteiger partial charge in [0.15, 0.2) is 4.96 Å². The average Bonchev–Trinajstić information content (AvgIpc) is 3.07. The molecule has 4 rings (SSSR count). The maximum absolute atomic E-state index is 12.7. The van der Waals surface area contributed by atoms with Gasteiger partial charge in [-0.2, -0.15) is 0 Å². The highest BCUT2D eigenvalue weighted by atomic mass is 32.1. The molecule has 3 aromatic heterocycles. The molecule has 4 aromatic rings. The lowest BCUT2D eigenvalue weighted by molar-refractivity contribution is 0.719. The van der Waals surface area contributed by atoms with Crippen LogP contribution in [0.3, 0.4) is 0 Å². The Hall–Kier alpha value is -3.06. The van der Waals surface area contributed by atoms with Crippen LogP contribution in [0, 0.1) is 0 Å². The van der Waals surface area contributed by atoms with Gasteiger partial charge in [-0.15, -0.1) is 11.3 Å². The summed E-state index contributed by atoms with van der Waals surface area (Å²) in [4.78, 5) is 33.9. The summed E-state index contributed by atoms with van der Waals surface area (Å²) >= 11 is 1.38. The molecule has 6 nitrogen and oxygen atoms in total. The Balaban J connectivity index is 1.77. The monoisotopic (exact) mass is 336 g/mol. The van der Waals surface area contributed by atoms with Gasteiger partial charge in [-0.05, 0) is 5.56 Å². The summed E-state index contributed by atoms with van der Waals surface area (Å²) in [5, 5.41) is 1.80. The lowest BCUT2D eigenvalue weighted by atomic mass is 10.1. The largest absolute Gasteiger partial charge is 0.293 e. The van der Waals surface area contributed by atoms with Crippen molar-refractivity contribution in [2.75, 3.05) is 0 Å². The van der Waals surface area contributed by atoms with Gasteiger partial charge in [0.1, 0.15) is 0 Å². The number of rotatable bonds is 3. The fourth-order valence-electron chi connectivity index (χ4n) is 2.52. The predicted octanol–water partition coefficient (Wildman–Crippen LogP) is 2.03. The predicted molar refractivity (Wildman–Crippen MR) is 92.4 cm³/mol. The molecule has 0 atom stereocenters. The van der Waals surface area contributed by atoms with Crippen LogP contribution in [-0.2, 0) is 6.54 Å². The topological polar surface area (TPSA) is 69.3 Å². The van der Waals surface area contributed by atoms with Crippen molar-refractivity contribution in [3.8, 4) is 11.1 Å². The van der Waals surface area contributed by atoms with Crippen LogP contribution in [-0.4, -0.2) is 18.9 Å². The van der Waals surface area contributed by atoms with E-state index in [1.165, 1.54) is 32.7 Å². The normalized spacial score (nSPS) is 11.0. The zero-order chi connectivity index (χ0) is 16.5. The second kappa shape index (κ2) is 5.86. The third-order valence-electron chi connectivity index (χ3n) is 3.67. The number of nitrogens with zero attached hydrogens (tertiary/aromatic N) is 4. The van der Waals surface area contributed by atoms with Gasteiger partial charge in [0.05, 0.1) is 24.1 Å². The quantitative estimate of drug-likeness (QED) is 0.574. The van der Waals surface area contributed by atoms with E-state index in [9.17, 15) is 9.59 Å². The zero-order valence-electron chi connectivity index (χ0n) is 12.5. The molecule has 7 heteroatoms. The van der Waals surface area contributed by atoms with E-state index in [4.69, 9.17) is 0 Å². The van der Waals surface area contributed by atoms with Gasteiger partial charge in [0.25, 0.3) is 11.1 Å². The summed E-state index contributed by atoms with van der Waals surface area (Å²) in [5.74, 6) is 0. The maximum atomic E-state index is 12.7. The summed E-state index contributed by atoms with van der Waals surface area (Å²) in [5.41, 5.74) is 1.55. The Morgan fingerprint density at radius 2 is 1.96 bits per heavy atom. The lowest BCUT2D eigenvalue weighted by Crippen LogP contribution is -2.24. The molecular weight excluding hydrogens is 324 g/mol. The van der Waals surface area contributed by atoms with Crippen molar-refractivity contribution in [1.82, 2.24) is 18.9 Å². The third-order valence-corrected chi connectivity index (χ3v) is 4.43. The van der Waals surface area contributed by atoms with Crippen LogP contribution < -0.4 is 11.1 Å². The average molecular weight is 336 g/mol. The molecule has 0 saturated carbocycles. The summed E-state index contributed by atoms with van der Waals surface area (Å²) in [6.45, 7) is 0.205. The third kappa shape index (κ3) is 2.55. The lowest BCUT2D eigenvalue weighted by Gasteiger charge is -2.07. The highest BCUT2D eigenvalue weighted by Gasteiger charge is 2.09. The molecule has 0 unspecified atom stereocenters. The second-order valence-electron chi connectivity index (χ2n) is 5.25. The Labute approximate surface area is 140 Å². The van der Waals surface area contributed by atoms with Gasteiger partial charge in [0, 0.05) is 23.8 Å². The number of hydrogen-bond donors (Lipinski definition) is 0. The van der Waals surface area contributed by atoms with E-state index >= 15 is 0 Å². The smallest absolute Gasteiger partial charge is 0.261 e. The highest BCUT2D eigenvalue weighted by Crippen LogP contribution is 2.13. The molecule has 118 valence electrons. The molecule has 0 spiro atoms. The van der Waals surface area contributed by atoms with Gasteiger partial charge in [-0.3, -0.25) is 18.6 Å². The molecule has 0 amide bonds. The molecule has 0 saturated heterocycles. The van der Waals surface area contributed by atoms with Crippen LogP contribution in [0.2, 0.25) is 0 Å². The minimum Gasteiger partial charge on any atom is -0.293 e. The van der Waals surface area contributed by atoms with Crippen LogP contribution in [0.15, 0.2) is 70.1 Å². The summed E-state index contributed by atoms with van der Waals surface area (Å²) in [6.07, 6.45) is 4.70. The molecule has 0 N–H and O–H groups in total. The minimum atomic E-state index is -0.163. The Kier molecular flexibility index (Phi) is 3.55. The van der Waals surface area contributed by atoms with Gasteiger partial charge >= 0.3 is 0 Å². The second-order valence-corrected chi connectivity index (χ2v) is 6.12. The van der Waals surface area contributed by atoms with Gasteiger partial charge < -0.3 is 0 Å². The van der Waals surface area contributed by atoms with Crippen molar-refractivity contribution in [2.45, 2.75) is 6.54 Å². The van der Waals surface area contributed by atoms with E-state index in [1.54, 1.807) is 17.8 Å². The number of aromatic nitrogens is 4. The Morgan fingerprint density at radius 1 is 1.12 bits per heavy atom. The number of benzene rings is 1. The molecule has 0 radical (unpaired) electrons. The van der Waals surface area contributed by atoms with Gasteiger partial charge in [-0.1, -0.05) is 30.3 Å². The first kappa shape index (κ1) is 14.5. The van der Waals surface area contributed by atoms with E-state index in [2.05, 4.69) is 9.97 Å². The Bertz CT molecular complexity index is 1130. The van der Waals surface area contributed by atoms with E-state index in [1.807, 2.05) is 30.3 Å². The van der Waals surface area contributed by atoms with Crippen LogP contribution >= 0.6 is 11.3 Å². The minimum absolute atomic E-state index is 0.156. The van der Waals surface area contributed by atoms with Crippen LogP contribution in [0.5, 0.6) is 0 Å². The summed E-state index contributed by atoms with van der Waals surface area (Å²) < 4.78 is 2.95. The fourth-order valence-corrected chi connectivity index (χ4v) is 3.26. The highest BCUT2D eigenvalue weighted by molar-refractivity contribution is 7.15. The molecular formula is C17H12N4O2S. The van der Waals surface area contributed by atoms with E-state index < -0.39 is 0 Å². The molecule has 0 aliphatic heterocycles. The van der Waals surface area contributed by atoms with Gasteiger partial charge in [-0.25, -0.2) is 9.97 Å². The zero-order valence-corrected chi connectivity index (χ0v) is 13.3. The van der Waals surface area contributed by atoms with Crippen LogP contribution in [0.25, 0.3) is 16.1 Å². The van der Waals surface area contributed by atoms with E-state index in [0.717, 1.165) is 5.56 Å². The standard InChI is InChI=1S/C17H12N4O2S/c22-15-8-13(19-17-21(15)6-7-24-17)10-20-11-18-9-14(16(20)23)12-4-2-1-3-5-12/h1-9,11H,10H2. The number of hydrogen-bond acceptors (Lipinski definition) is 5. The Morgan fingerprint density at radius 3 is 2.79 bits per heavy atom. The number of fused-ring (bicyclic) bond motifs is 1. The van der Waals surface area contributed by atoms with E-state index in [0.29, 0.717) is 16.2 Å². The molecule has 1 aromatic carbocycles. The molecule has 0 aliphatic carbocycles. The summed E-state index contributed by atoms with van der Waals surface area (Å²) in [6, 6.07) is 10.8. The van der Waals surface area contributed by atoms with Crippen LogP contribution in [0.4, 0.5) is 0 Å². The fraction of sp³-hybridized carbons (Fsp3) is 0.0588. The molecule has 0 bridgehead atoms. The maximum Gasteiger partial charge on any atom is 0.261 e. The van der Waals surface area contributed by atoms with E-state index in [-0.39, 0.29) is 17.7 Å². The van der Waals surface area contributed by atoms with Crippen LogP contribution in [0.1, 0.15) is 5.69 Å². The molecule has 24 heavy (non-hydrogen) atoms. The van der Waals surface area contributed by atoms with Crippen molar-refractivity contribution in [2.24, 2.45) is 0 Å². The summed E-state index contributed by atoms with van der Waals surface area (Å²) in [7, 11) is 0. The van der Waals surface area contributed by atoms with Crippen molar-refractivity contribution in [3.05, 3.63) is 86.9 Å². The first-order chi connectivity index (χ1) is 11.7. The molecule has 3 heterocycles. The first-order valence-electron chi connectivity index (χ1n) is 7.28. The first-order valence-corrected chi connectivity index (χ1v) is 8.16. The van der Waals surface area contributed by atoms with Crippen molar-refractivity contribution < 1.29 is 0 Å². The SMILES string of the molecule is O=c1c(-c2ccccc2)cncn1Cc1cc(=O)n2ccsc2n1. The molecule has 0 aliphatic rings. The van der Waals surface area contributed by atoms with Crippen molar-refractivity contribution in [3.63, 3.8) is 0 Å². The number of thiazole rings is 1.